The molecule has 0 heterocycles. The van der Waals surface area contributed by atoms with E-state index in [1.165, 1.54) is 0 Å². The van der Waals surface area contributed by atoms with Crippen LogP contribution in [-0.2, 0) is 52.2 Å². The van der Waals surface area contributed by atoms with Crippen molar-refractivity contribution < 1.29 is 57.3 Å². The van der Waals surface area contributed by atoms with E-state index in [4.69, 9.17) is 52.5 Å². The Hall–Kier alpha value is -1.19. The van der Waals surface area contributed by atoms with Gasteiger partial charge in [0.15, 0.2) is 0 Å². The average molecular weight is 527 g/mol. The maximum atomic E-state index is 10.3. The quantitative estimate of drug-likeness (QED) is 0.0983. The molecule has 0 radical (unpaired) electrons. The molecule has 36 heavy (non-hydrogen) atoms. The van der Waals surface area contributed by atoms with Crippen molar-refractivity contribution in [1.29, 1.82) is 0 Å². The van der Waals surface area contributed by atoms with Crippen LogP contribution in [0.15, 0.2) is 12.7 Å². The van der Waals surface area contributed by atoms with Gasteiger partial charge in [0, 0.05) is 0 Å². The summed E-state index contributed by atoms with van der Waals surface area (Å²) >= 11 is 0. The Labute approximate surface area is 215 Å². The molecule has 0 atom stereocenters. The van der Waals surface area contributed by atoms with Crippen LogP contribution >= 0.6 is 0 Å². The smallest absolute Gasteiger partial charge is 0.305 e. The van der Waals surface area contributed by atoms with Crippen molar-refractivity contribution in [3.05, 3.63) is 12.7 Å². The van der Waals surface area contributed by atoms with Crippen LogP contribution in [0.5, 0.6) is 0 Å². The fraction of sp³-hybridized carbons (Fsp3) is 0.875. The topological polar surface area (TPSA) is 130 Å². The number of ether oxygens (including phenoxy) is 10. The first kappa shape index (κ1) is 34.8. The van der Waals surface area contributed by atoms with Crippen molar-refractivity contribution in [3.8, 4) is 0 Å². The van der Waals surface area contributed by atoms with Gasteiger partial charge in [-0.25, -0.2) is 0 Å². The van der Waals surface area contributed by atoms with Gasteiger partial charge in [-0.05, 0) is 0 Å². The maximum Gasteiger partial charge on any atom is 0.305 e. The van der Waals surface area contributed by atoms with E-state index >= 15 is 0 Å². The predicted octanol–water partition coefficient (Wildman–Crippen LogP) is 0.813. The first-order valence-electron chi connectivity index (χ1n) is 12.4. The van der Waals surface area contributed by atoms with E-state index in [0.29, 0.717) is 126 Å². The number of hydrogen-bond acceptors (Lipinski definition) is 11. The first-order valence-corrected chi connectivity index (χ1v) is 12.4. The molecule has 0 aromatic rings. The van der Waals surface area contributed by atoms with E-state index in [1.54, 1.807) is 6.08 Å². The molecule has 0 aromatic heterocycles. The minimum absolute atomic E-state index is 0.000964. The Morgan fingerprint density at radius 2 is 0.667 bits per heavy atom. The summed E-state index contributed by atoms with van der Waals surface area (Å²) in [4.78, 5) is 10.3. The Morgan fingerprint density at radius 3 is 0.889 bits per heavy atom. The molecule has 0 fully saturated rings. The highest BCUT2D eigenvalue weighted by molar-refractivity contribution is 5.66. The zero-order valence-electron chi connectivity index (χ0n) is 21.6. The number of carbonyl (C=O) groups is 1. The Morgan fingerprint density at radius 1 is 0.444 bits per heavy atom. The van der Waals surface area contributed by atoms with Crippen molar-refractivity contribution in [3.63, 3.8) is 0 Å². The second kappa shape index (κ2) is 31.8. The lowest BCUT2D eigenvalue weighted by Crippen LogP contribution is -2.15. The Kier molecular flexibility index (Phi) is 30.8. The number of rotatable bonds is 32. The van der Waals surface area contributed by atoms with Crippen molar-refractivity contribution in [2.24, 2.45) is 0 Å². The zero-order valence-corrected chi connectivity index (χ0v) is 21.6. The van der Waals surface area contributed by atoms with Crippen LogP contribution in [-0.4, -0.2) is 143 Å². The molecule has 0 aromatic carbocycles. The largest absolute Gasteiger partial charge is 0.481 e. The molecule has 12 heteroatoms. The molecule has 0 aliphatic rings. The Balaban J connectivity index is 3.02. The van der Waals surface area contributed by atoms with Crippen molar-refractivity contribution in [1.82, 2.24) is 0 Å². The summed E-state index contributed by atoms with van der Waals surface area (Å²) in [6.45, 7) is 13.2. The molecule has 0 spiro atoms. The zero-order chi connectivity index (χ0) is 26.2. The summed E-state index contributed by atoms with van der Waals surface area (Å²) in [6, 6.07) is 0. The molecule has 12 nitrogen and oxygen atoms in total. The number of carboxylic acids is 1. The van der Waals surface area contributed by atoms with E-state index in [2.05, 4.69) is 6.58 Å². The molecule has 0 bridgehead atoms. The highest BCUT2D eigenvalue weighted by Gasteiger charge is 1.97. The molecule has 0 aliphatic heterocycles. The number of carboxylic acid groups (broad SMARTS) is 1. The fourth-order valence-corrected chi connectivity index (χ4v) is 2.31. The van der Waals surface area contributed by atoms with Gasteiger partial charge in [-0.2, -0.15) is 0 Å². The van der Waals surface area contributed by atoms with Crippen LogP contribution in [0.4, 0.5) is 0 Å². The molecule has 1 N–H and O–H groups in total. The van der Waals surface area contributed by atoms with Gasteiger partial charge in [0.05, 0.1) is 139 Å². The molecule has 0 aliphatic carbocycles. The minimum atomic E-state index is -0.872. The van der Waals surface area contributed by atoms with Crippen molar-refractivity contribution in [2.45, 2.75) is 6.42 Å². The maximum absolute atomic E-state index is 10.3. The molecule has 0 saturated heterocycles. The third kappa shape index (κ3) is 32.8. The monoisotopic (exact) mass is 526 g/mol. The van der Waals surface area contributed by atoms with E-state index in [1.807, 2.05) is 0 Å². The van der Waals surface area contributed by atoms with Gasteiger partial charge in [0.2, 0.25) is 0 Å². The molecule has 0 rings (SSSR count). The van der Waals surface area contributed by atoms with E-state index in [0.717, 1.165) is 0 Å². The lowest BCUT2D eigenvalue weighted by molar-refractivity contribution is -0.138. The average Bonchev–Trinajstić information content (AvgIpc) is 2.87. The third-order valence-corrected chi connectivity index (χ3v) is 4.04. The van der Waals surface area contributed by atoms with E-state index in [-0.39, 0.29) is 13.0 Å². The first-order chi connectivity index (χ1) is 17.8. The van der Waals surface area contributed by atoms with Gasteiger partial charge >= 0.3 is 5.97 Å². The standard InChI is InChI=1S/C24H46O12/c1-2-4-27-6-8-29-10-12-31-14-16-33-18-20-35-22-23-36-21-19-34-17-15-32-13-11-30-9-7-28-5-3-24(25)26/h2H,1,3-23H2,(H,25,26). The summed E-state index contributed by atoms with van der Waals surface area (Å²) in [5, 5.41) is 8.46. The lowest BCUT2D eigenvalue weighted by Gasteiger charge is -2.09. The second-order valence-corrected chi connectivity index (χ2v) is 7.02. The van der Waals surface area contributed by atoms with Crippen LogP contribution in [0.25, 0.3) is 0 Å². The van der Waals surface area contributed by atoms with Crippen LogP contribution < -0.4 is 0 Å². The van der Waals surface area contributed by atoms with E-state index in [9.17, 15) is 4.79 Å². The summed E-state index contributed by atoms with van der Waals surface area (Å²) in [6.07, 6.45) is 1.71. The molecule has 0 unspecified atom stereocenters. The van der Waals surface area contributed by atoms with Crippen molar-refractivity contribution >= 4 is 5.97 Å². The fourth-order valence-electron chi connectivity index (χ4n) is 2.31. The van der Waals surface area contributed by atoms with Crippen LogP contribution in [0, 0.1) is 0 Å². The highest BCUT2D eigenvalue weighted by atomic mass is 16.6. The van der Waals surface area contributed by atoms with E-state index < -0.39 is 5.97 Å². The summed E-state index contributed by atoms with van der Waals surface area (Å²) in [5.74, 6) is -0.872. The normalized spacial score (nSPS) is 11.2. The molecular formula is C24H46O12. The highest BCUT2D eigenvalue weighted by Crippen LogP contribution is 1.87. The third-order valence-electron chi connectivity index (χ3n) is 4.04. The van der Waals surface area contributed by atoms with Gasteiger partial charge < -0.3 is 52.5 Å². The van der Waals surface area contributed by atoms with Crippen molar-refractivity contribution in [2.75, 3.05) is 132 Å². The van der Waals surface area contributed by atoms with Crippen LogP contribution in [0.1, 0.15) is 6.42 Å². The van der Waals surface area contributed by atoms with Gasteiger partial charge in [-0.3, -0.25) is 4.79 Å². The molecule has 0 amide bonds. The summed E-state index contributed by atoms with van der Waals surface area (Å²) < 4.78 is 53.4. The Bertz CT molecular complexity index is 453. The van der Waals surface area contributed by atoms with Crippen LogP contribution in [0.3, 0.4) is 0 Å². The minimum Gasteiger partial charge on any atom is -0.481 e. The second-order valence-electron chi connectivity index (χ2n) is 7.02. The van der Waals surface area contributed by atoms with Gasteiger partial charge in [-0.1, -0.05) is 6.08 Å². The molecular weight excluding hydrogens is 480 g/mol. The summed E-state index contributed by atoms with van der Waals surface area (Å²) in [7, 11) is 0. The summed E-state index contributed by atoms with van der Waals surface area (Å²) in [5.41, 5.74) is 0. The molecule has 0 saturated carbocycles. The van der Waals surface area contributed by atoms with Gasteiger partial charge in [-0.15, -0.1) is 6.58 Å². The number of aliphatic carboxylic acids is 1. The number of hydrogen-bond donors (Lipinski definition) is 1. The van der Waals surface area contributed by atoms with Gasteiger partial charge in [0.1, 0.15) is 0 Å². The predicted molar refractivity (Wildman–Crippen MR) is 131 cm³/mol. The van der Waals surface area contributed by atoms with Crippen LogP contribution in [0.2, 0.25) is 0 Å². The lowest BCUT2D eigenvalue weighted by atomic mass is 10.5. The molecule has 214 valence electrons. The SMILES string of the molecule is C=CCOCCOCCOCCOCCOCCOCCOCCOCCOCCOCCC(=O)O. The van der Waals surface area contributed by atoms with Gasteiger partial charge in [0.25, 0.3) is 0 Å².